The molecule has 35 heavy (non-hydrogen) atoms. The first-order chi connectivity index (χ1) is 16.9. The monoisotopic (exact) mass is 495 g/mol. The zero-order valence-corrected chi connectivity index (χ0v) is 20.5. The molecule has 184 valence electrons. The number of anilines is 1. The number of aliphatic hydroxyl groups is 1. The fraction of sp³-hybridized carbons (Fsp3) is 0.280. The number of H-pyrrole nitrogens is 1. The van der Waals surface area contributed by atoms with Crippen molar-refractivity contribution in [3.63, 3.8) is 0 Å². The summed E-state index contributed by atoms with van der Waals surface area (Å²) >= 11 is 0. The molecule has 0 radical (unpaired) electrons. The summed E-state index contributed by atoms with van der Waals surface area (Å²) in [5.74, 6) is 1.39. The van der Waals surface area contributed by atoms with E-state index >= 15 is 0 Å². The smallest absolute Gasteiger partial charge is 0.148 e. The summed E-state index contributed by atoms with van der Waals surface area (Å²) in [6.07, 6.45) is 2.71. The third-order valence-electron chi connectivity index (χ3n) is 5.66. The van der Waals surface area contributed by atoms with E-state index in [-0.39, 0.29) is 18.4 Å². The third-order valence-corrected chi connectivity index (χ3v) is 6.60. The zero-order valence-electron chi connectivity index (χ0n) is 19.7. The predicted molar refractivity (Wildman–Crippen MR) is 137 cm³/mol. The van der Waals surface area contributed by atoms with Crippen molar-refractivity contribution in [1.82, 2.24) is 20.3 Å². The first kappa shape index (κ1) is 24.6. The van der Waals surface area contributed by atoms with Gasteiger partial charge in [-0.15, -0.1) is 0 Å². The van der Waals surface area contributed by atoms with Crippen molar-refractivity contribution >= 4 is 26.7 Å². The van der Waals surface area contributed by atoms with E-state index < -0.39 is 9.84 Å². The molecule has 2 heterocycles. The average Bonchev–Trinajstić information content (AvgIpc) is 3.30. The Morgan fingerprint density at radius 2 is 1.91 bits per heavy atom. The Balaban J connectivity index is 1.57. The molecule has 10 heteroatoms. The van der Waals surface area contributed by atoms with E-state index in [9.17, 15) is 13.5 Å². The van der Waals surface area contributed by atoms with Crippen molar-refractivity contribution in [2.75, 3.05) is 37.6 Å². The van der Waals surface area contributed by atoms with Gasteiger partial charge in [-0.1, -0.05) is 36.4 Å². The Morgan fingerprint density at radius 1 is 1.11 bits per heavy atom. The van der Waals surface area contributed by atoms with Crippen LogP contribution in [-0.2, 0) is 16.4 Å². The molecular weight excluding hydrogens is 466 g/mol. The summed E-state index contributed by atoms with van der Waals surface area (Å²) < 4.78 is 28.2. The molecule has 4 N–H and O–H groups in total. The fourth-order valence-corrected chi connectivity index (χ4v) is 4.36. The van der Waals surface area contributed by atoms with E-state index in [4.69, 9.17) is 4.74 Å². The summed E-state index contributed by atoms with van der Waals surface area (Å²) in [5.41, 5.74) is 4.28. The van der Waals surface area contributed by atoms with Crippen LogP contribution in [0.25, 0.3) is 22.3 Å². The van der Waals surface area contributed by atoms with Crippen LogP contribution in [0.3, 0.4) is 0 Å². The molecule has 0 amide bonds. The lowest BCUT2D eigenvalue weighted by Gasteiger charge is -2.17. The summed E-state index contributed by atoms with van der Waals surface area (Å²) in [6.45, 7) is 0.831. The van der Waals surface area contributed by atoms with Crippen LogP contribution < -0.4 is 15.4 Å². The highest BCUT2D eigenvalue weighted by atomic mass is 32.2. The highest BCUT2D eigenvalue weighted by Crippen LogP contribution is 2.34. The Bertz CT molecular complexity index is 1390. The van der Waals surface area contributed by atoms with Gasteiger partial charge in [0.25, 0.3) is 0 Å². The van der Waals surface area contributed by atoms with Crippen molar-refractivity contribution < 1.29 is 18.3 Å². The summed E-state index contributed by atoms with van der Waals surface area (Å²) in [4.78, 5) is 12.1. The lowest BCUT2D eigenvalue weighted by molar-refractivity contribution is 0.276. The zero-order chi connectivity index (χ0) is 24.8. The van der Waals surface area contributed by atoms with Gasteiger partial charge >= 0.3 is 0 Å². The highest BCUT2D eigenvalue weighted by molar-refractivity contribution is 7.90. The molecule has 4 aromatic rings. The van der Waals surface area contributed by atoms with E-state index in [1.807, 2.05) is 54.6 Å². The van der Waals surface area contributed by atoms with Crippen LogP contribution in [0, 0.1) is 0 Å². The normalized spacial score (nSPS) is 12.5. The number of fused-ring (bicyclic) bond motifs is 1. The number of sulfone groups is 1. The van der Waals surface area contributed by atoms with E-state index in [1.54, 1.807) is 7.11 Å². The SMILES string of the molecule is COc1cc(CNCCS(C)(=O)=O)ccc1-c1cc2c(N[C@H](CO)c3ccccc3)ncnc2[nH]1. The summed E-state index contributed by atoms with van der Waals surface area (Å²) in [7, 11) is -1.39. The molecule has 0 unspecified atom stereocenters. The van der Waals surface area contributed by atoms with E-state index in [0.717, 1.165) is 27.8 Å². The molecule has 0 fully saturated rings. The maximum Gasteiger partial charge on any atom is 0.148 e. The maximum atomic E-state index is 11.3. The minimum Gasteiger partial charge on any atom is -0.496 e. The Kier molecular flexibility index (Phi) is 7.64. The van der Waals surface area contributed by atoms with Crippen molar-refractivity contribution in [3.8, 4) is 17.0 Å². The first-order valence-corrected chi connectivity index (χ1v) is 13.3. The number of nitrogens with zero attached hydrogens (tertiary/aromatic N) is 2. The van der Waals surface area contributed by atoms with Gasteiger partial charge in [-0.05, 0) is 29.3 Å². The van der Waals surface area contributed by atoms with Crippen LogP contribution in [0.5, 0.6) is 5.75 Å². The van der Waals surface area contributed by atoms with Crippen molar-refractivity contribution in [1.29, 1.82) is 0 Å². The molecule has 0 aliphatic carbocycles. The average molecular weight is 496 g/mol. The Labute approximate surface area is 204 Å². The molecule has 0 saturated carbocycles. The van der Waals surface area contributed by atoms with Gasteiger partial charge in [0, 0.05) is 24.9 Å². The molecule has 0 bridgehead atoms. The lowest BCUT2D eigenvalue weighted by atomic mass is 10.1. The van der Waals surface area contributed by atoms with E-state index in [1.165, 1.54) is 12.6 Å². The van der Waals surface area contributed by atoms with E-state index in [0.29, 0.717) is 30.3 Å². The highest BCUT2D eigenvalue weighted by Gasteiger charge is 2.16. The molecule has 0 saturated heterocycles. The number of hydrogen-bond donors (Lipinski definition) is 4. The second-order valence-corrected chi connectivity index (χ2v) is 10.6. The number of methoxy groups -OCH3 is 1. The van der Waals surface area contributed by atoms with Crippen molar-refractivity contribution in [3.05, 3.63) is 72.1 Å². The molecule has 1 atom stereocenters. The van der Waals surface area contributed by atoms with Gasteiger partial charge in [0.1, 0.15) is 33.4 Å². The van der Waals surface area contributed by atoms with Gasteiger partial charge in [0.05, 0.1) is 36.6 Å². The number of aliphatic hydroxyl groups excluding tert-OH is 1. The summed E-state index contributed by atoms with van der Waals surface area (Å²) in [5, 5.41) is 17.2. The third kappa shape index (κ3) is 6.16. The van der Waals surface area contributed by atoms with Gasteiger partial charge in [-0.3, -0.25) is 0 Å². The number of nitrogens with one attached hydrogen (secondary N) is 3. The minimum atomic E-state index is -3.00. The quantitative estimate of drug-likeness (QED) is 0.234. The van der Waals surface area contributed by atoms with E-state index in [2.05, 4.69) is 25.6 Å². The number of aromatic amines is 1. The number of rotatable bonds is 11. The Morgan fingerprint density at radius 3 is 2.63 bits per heavy atom. The summed E-state index contributed by atoms with van der Waals surface area (Å²) in [6, 6.07) is 17.2. The number of aromatic nitrogens is 3. The van der Waals surface area contributed by atoms with Gasteiger partial charge in [0.2, 0.25) is 0 Å². The Hall–Kier alpha value is -3.47. The minimum absolute atomic E-state index is 0.0830. The van der Waals surface area contributed by atoms with Gasteiger partial charge in [-0.25, -0.2) is 18.4 Å². The van der Waals surface area contributed by atoms with Crippen LogP contribution >= 0.6 is 0 Å². The van der Waals surface area contributed by atoms with Gasteiger partial charge in [0.15, 0.2) is 0 Å². The van der Waals surface area contributed by atoms with Crippen LogP contribution in [0.2, 0.25) is 0 Å². The fourth-order valence-electron chi connectivity index (χ4n) is 3.84. The number of benzene rings is 2. The molecule has 0 aliphatic heterocycles. The van der Waals surface area contributed by atoms with Gasteiger partial charge in [-0.2, -0.15) is 0 Å². The van der Waals surface area contributed by atoms with Gasteiger partial charge < -0.3 is 25.5 Å². The molecular formula is C25H29N5O4S. The largest absolute Gasteiger partial charge is 0.496 e. The first-order valence-electron chi connectivity index (χ1n) is 11.2. The molecule has 9 nitrogen and oxygen atoms in total. The van der Waals surface area contributed by atoms with Crippen LogP contribution in [-0.4, -0.2) is 60.7 Å². The molecule has 4 rings (SSSR count). The topological polar surface area (TPSA) is 129 Å². The second kappa shape index (κ2) is 10.9. The van der Waals surface area contributed by atoms with Crippen LogP contribution in [0.15, 0.2) is 60.9 Å². The standard InChI is InChI=1S/C25H29N5O4S/c1-34-23-12-17(14-26-10-11-35(2,32)33)8-9-19(23)21-13-20-24(29-21)27-16-28-25(20)30-22(15-31)18-6-4-3-5-7-18/h3-9,12-13,16,22,26,31H,10-11,14-15H2,1-2H3,(H2,27,28,29,30)/t22-/m1/s1. The molecule has 0 spiro atoms. The van der Waals surface area contributed by atoms with Crippen LogP contribution in [0.4, 0.5) is 5.82 Å². The number of ether oxygens (including phenoxy) is 1. The molecule has 2 aromatic carbocycles. The second-order valence-electron chi connectivity index (χ2n) is 8.30. The maximum absolute atomic E-state index is 11.3. The van der Waals surface area contributed by atoms with Crippen LogP contribution in [0.1, 0.15) is 17.2 Å². The van der Waals surface area contributed by atoms with Crippen molar-refractivity contribution in [2.45, 2.75) is 12.6 Å². The lowest BCUT2D eigenvalue weighted by Crippen LogP contribution is -2.21. The predicted octanol–water partition coefficient (Wildman–Crippen LogP) is 2.91. The molecule has 2 aromatic heterocycles. The molecule has 0 aliphatic rings. The number of hydrogen-bond acceptors (Lipinski definition) is 8. The van der Waals surface area contributed by atoms with Crippen molar-refractivity contribution in [2.24, 2.45) is 0 Å².